The Morgan fingerprint density at radius 2 is 1.80 bits per heavy atom. The number of nitrogens with zero attached hydrogens (tertiary/aromatic N) is 3. The number of aromatic hydroxyl groups is 1. The van der Waals surface area contributed by atoms with Crippen LogP contribution in [0.5, 0.6) is 5.75 Å². The van der Waals surface area contributed by atoms with Crippen LogP contribution in [0.2, 0.25) is 5.02 Å². The molecule has 1 aromatic carbocycles. The maximum absolute atomic E-state index is 12.7. The van der Waals surface area contributed by atoms with Gasteiger partial charge in [0.2, 0.25) is 11.8 Å². The van der Waals surface area contributed by atoms with Crippen LogP contribution in [0, 0.1) is 0 Å². The maximum atomic E-state index is 12.7. The van der Waals surface area contributed by atoms with Crippen molar-refractivity contribution in [2.24, 2.45) is 0 Å². The summed E-state index contributed by atoms with van der Waals surface area (Å²) in [6, 6.07) is 3.99. The van der Waals surface area contributed by atoms with Crippen molar-refractivity contribution in [2.75, 3.05) is 39.3 Å². The number of carbonyl (C=O) groups excluding carboxylic acids is 2. The molecular formula is C22H28ClN3O3V. The number of rotatable bonds is 6. The smallest absolute Gasteiger partial charge is 0.246 e. The third kappa shape index (κ3) is 5.05. The monoisotopic (exact) mass is 468 g/mol. The van der Waals surface area contributed by atoms with Crippen molar-refractivity contribution in [3.05, 3.63) is 40.9 Å². The number of carbonyl (C=O) groups is 2. The molecule has 6 nitrogen and oxygen atoms in total. The number of benzene rings is 1. The van der Waals surface area contributed by atoms with E-state index in [0.29, 0.717) is 42.9 Å². The number of piperazine rings is 1. The largest absolute Gasteiger partial charge is 0.508 e. The standard InChI is InChI=1S/C22H28ClN3O3.V/c1-2-21(28)26-13-17(14-26)24-7-9-25(10-8-24)22(29)6-5-16-11-18(15-3-4-15)19(23)12-20(16)27;/h2,11-12,15,17,27H,1,3-10,13-14H2;. The van der Waals surface area contributed by atoms with Gasteiger partial charge in [-0.25, -0.2) is 0 Å². The predicted octanol–water partition coefficient (Wildman–Crippen LogP) is 2.39. The third-order valence-corrected chi connectivity index (χ3v) is 6.68. The Balaban J connectivity index is 0.00000256. The molecule has 0 unspecified atom stereocenters. The van der Waals surface area contributed by atoms with Gasteiger partial charge in [-0.2, -0.15) is 0 Å². The third-order valence-electron chi connectivity index (χ3n) is 6.36. The van der Waals surface area contributed by atoms with Crippen molar-refractivity contribution < 1.29 is 33.3 Å². The number of halogens is 1. The number of likely N-dealkylation sites (tertiary alicyclic amines) is 1. The van der Waals surface area contributed by atoms with Gasteiger partial charge in [0, 0.05) is 75.3 Å². The molecule has 1 saturated carbocycles. The van der Waals surface area contributed by atoms with E-state index in [1.807, 2.05) is 11.0 Å². The summed E-state index contributed by atoms with van der Waals surface area (Å²) in [5.41, 5.74) is 1.91. The molecule has 1 aromatic rings. The first kappa shape index (κ1) is 23.2. The molecule has 3 fully saturated rings. The first-order valence-electron chi connectivity index (χ1n) is 10.4. The Bertz CT molecular complexity index is 816. The molecule has 0 aromatic heterocycles. The fourth-order valence-electron chi connectivity index (χ4n) is 4.27. The van der Waals surface area contributed by atoms with Gasteiger partial charge < -0.3 is 14.9 Å². The zero-order valence-corrected chi connectivity index (χ0v) is 19.2. The molecule has 2 saturated heterocycles. The molecule has 161 valence electrons. The maximum Gasteiger partial charge on any atom is 0.246 e. The summed E-state index contributed by atoms with van der Waals surface area (Å²) in [6.45, 7) is 8.12. The SMILES string of the molecule is C=CC(=O)N1CC(N2CCN(C(=O)CCc3cc(C4CC4)c(Cl)cc3O)CC2)C1.[V]. The first-order chi connectivity index (χ1) is 14.0. The van der Waals surface area contributed by atoms with Crippen molar-refractivity contribution in [1.29, 1.82) is 0 Å². The predicted molar refractivity (Wildman–Crippen MR) is 112 cm³/mol. The number of amides is 2. The molecule has 0 spiro atoms. The second kappa shape index (κ2) is 9.77. The van der Waals surface area contributed by atoms with Gasteiger partial charge in [0.15, 0.2) is 0 Å². The second-order valence-electron chi connectivity index (χ2n) is 8.29. The topological polar surface area (TPSA) is 64.1 Å². The number of phenolic OH excluding ortho intramolecular Hbond substituents is 1. The average molecular weight is 469 g/mol. The molecule has 1 N–H and O–H groups in total. The quantitative estimate of drug-likeness (QED) is 0.651. The van der Waals surface area contributed by atoms with E-state index in [0.717, 1.165) is 50.1 Å². The second-order valence-corrected chi connectivity index (χ2v) is 8.70. The van der Waals surface area contributed by atoms with Gasteiger partial charge in [-0.3, -0.25) is 14.5 Å². The number of hydrogen-bond donors (Lipinski definition) is 1. The molecule has 0 bridgehead atoms. The van der Waals surface area contributed by atoms with Crippen LogP contribution >= 0.6 is 11.6 Å². The van der Waals surface area contributed by atoms with Crippen molar-refractivity contribution in [3.8, 4) is 5.75 Å². The molecule has 8 heteroatoms. The first-order valence-corrected chi connectivity index (χ1v) is 10.8. The Kier molecular flexibility index (Phi) is 7.56. The molecule has 0 atom stereocenters. The van der Waals surface area contributed by atoms with E-state index in [1.165, 1.54) is 6.08 Å². The van der Waals surface area contributed by atoms with Gasteiger partial charge in [0.05, 0.1) is 0 Å². The Hall–Kier alpha value is -1.47. The molecule has 2 aliphatic heterocycles. The molecular weight excluding hydrogens is 441 g/mol. The molecule has 2 heterocycles. The van der Waals surface area contributed by atoms with Crippen LogP contribution in [0.3, 0.4) is 0 Å². The normalized spacial score (nSPS) is 19.8. The summed E-state index contributed by atoms with van der Waals surface area (Å²) in [6.07, 6.45) is 4.58. The van der Waals surface area contributed by atoms with Crippen LogP contribution in [0.4, 0.5) is 0 Å². The van der Waals surface area contributed by atoms with Gasteiger partial charge in [0.25, 0.3) is 0 Å². The van der Waals surface area contributed by atoms with Gasteiger partial charge >= 0.3 is 0 Å². The Morgan fingerprint density at radius 3 is 2.40 bits per heavy atom. The van der Waals surface area contributed by atoms with Crippen LogP contribution in [0.15, 0.2) is 24.8 Å². The summed E-state index contributed by atoms with van der Waals surface area (Å²) in [4.78, 5) is 30.3. The minimum absolute atomic E-state index is 0. The van der Waals surface area contributed by atoms with Crippen LogP contribution in [0.25, 0.3) is 0 Å². The van der Waals surface area contributed by atoms with E-state index in [9.17, 15) is 14.7 Å². The van der Waals surface area contributed by atoms with E-state index >= 15 is 0 Å². The van der Waals surface area contributed by atoms with E-state index in [-0.39, 0.29) is 36.1 Å². The number of aryl methyl sites for hydroxylation is 1. The van der Waals surface area contributed by atoms with Crippen molar-refractivity contribution in [1.82, 2.24) is 14.7 Å². The summed E-state index contributed by atoms with van der Waals surface area (Å²) in [7, 11) is 0. The molecule has 1 aliphatic carbocycles. The van der Waals surface area contributed by atoms with Gasteiger partial charge in [-0.1, -0.05) is 24.2 Å². The summed E-state index contributed by atoms with van der Waals surface area (Å²) >= 11 is 6.25. The van der Waals surface area contributed by atoms with E-state index in [1.54, 1.807) is 11.0 Å². The minimum atomic E-state index is -0.00893. The number of phenols is 1. The fourth-order valence-corrected chi connectivity index (χ4v) is 4.58. The zero-order valence-electron chi connectivity index (χ0n) is 17.1. The fraction of sp³-hybridized carbons (Fsp3) is 0.545. The summed E-state index contributed by atoms with van der Waals surface area (Å²) in [5.74, 6) is 0.810. The van der Waals surface area contributed by atoms with Crippen molar-refractivity contribution in [2.45, 2.75) is 37.6 Å². The van der Waals surface area contributed by atoms with E-state index < -0.39 is 0 Å². The Morgan fingerprint density at radius 1 is 1.13 bits per heavy atom. The molecule has 4 rings (SSSR count). The summed E-state index contributed by atoms with van der Waals surface area (Å²) in [5, 5.41) is 10.8. The van der Waals surface area contributed by atoms with Gasteiger partial charge in [0.1, 0.15) is 5.75 Å². The van der Waals surface area contributed by atoms with Crippen LogP contribution in [0.1, 0.15) is 36.3 Å². The molecule has 2 amide bonds. The van der Waals surface area contributed by atoms with E-state index in [2.05, 4.69) is 11.5 Å². The average Bonchev–Trinajstić information content (AvgIpc) is 3.51. The van der Waals surface area contributed by atoms with Gasteiger partial charge in [-0.15, -0.1) is 0 Å². The molecule has 1 radical (unpaired) electrons. The van der Waals surface area contributed by atoms with Gasteiger partial charge in [-0.05, 0) is 48.4 Å². The number of hydrogen-bond acceptors (Lipinski definition) is 4. The van der Waals surface area contributed by atoms with Crippen LogP contribution in [-0.2, 0) is 34.6 Å². The van der Waals surface area contributed by atoms with Crippen molar-refractivity contribution >= 4 is 23.4 Å². The minimum Gasteiger partial charge on any atom is -0.508 e. The molecule has 3 aliphatic rings. The van der Waals surface area contributed by atoms with E-state index in [4.69, 9.17) is 11.6 Å². The van der Waals surface area contributed by atoms with Crippen LogP contribution in [-0.4, -0.2) is 76.9 Å². The zero-order chi connectivity index (χ0) is 20.5. The Labute approximate surface area is 194 Å². The summed E-state index contributed by atoms with van der Waals surface area (Å²) < 4.78 is 0. The van der Waals surface area contributed by atoms with Crippen LogP contribution < -0.4 is 0 Å². The van der Waals surface area contributed by atoms with Crippen molar-refractivity contribution in [3.63, 3.8) is 0 Å². The molecule has 30 heavy (non-hydrogen) atoms.